The molecule has 2 aromatic carbocycles. The zero-order valence-corrected chi connectivity index (χ0v) is 19.0. The standard InChI is InChI=1S/C27H30N2O5/c1-2-7-24(26(31)32)29-25(30)15-17-12-13-18(14-17)28-27(33)34-16-23-21-10-5-3-8-19(21)20-9-4-6-11-22(20)23/h2-6,8-11,17-18,23-24H,1,7,12-16H2,(H,28,33)(H,29,30)(H,31,32)/t17-,18+,24?/m0/s1. The van der Waals surface area contributed by atoms with E-state index in [9.17, 15) is 14.4 Å². The van der Waals surface area contributed by atoms with Crippen molar-refractivity contribution in [3.8, 4) is 11.1 Å². The SMILES string of the molecule is C=CCC(NC(=O)C[C@H]1CC[C@@H](NC(=O)OCC2c3ccccc3-c3ccccc32)C1)C(=O)O. The summed E-state index contributed by atoms with van der Waals surface area (Å²) in [5.41, 5.74) is 4.70. The van der Waals surface area contributed by atoms with Gasteiger partial charge < -0.3 is 20.5 Å². The van der Waals surface area contributed by atoms with Crippen molar-refractivity contribution in [1.29, 1.82) is 0 Å². The summed E-state index contributed by atoms with van der Waals surface area (Å²) in [4.78, 5) is 36.0. The van der Waals surface area contributed by atoms with E-state index in [1.165, 1.54) is 28.3 Å². The lowest BCUT2D eigenvalue weighted by atomic mass is 9.98. The second kappa shape index (κ2) is 10.5. The Kier molecular flexibility index (Phi) is 7.30. The lowest BCUT2D eigenvalue weighted by Crippen LogP contribution is -2.41. The number of carboxylic acids is 1. The third-order valence-corrected chi connectivity index (χ3v) is 6.72. The van der Waals surface area contributed by atoms with Crippen molar-refractivity contribution >= 4 is 18.0 Å². The third-order valence-electron chi connectivity index (χ3n) is 6.72. The first-order valence-electron chi connectivity index (χ1n) is 11.7. The van der Waals surface area contributed by atoms with Crippen LogP contribution in [0.3, 0.4) is 0 Å². The smallest absolute Gasteiger partial charge is 0.407 e. The van der Waals surface area contributed by atoms with Crippen LogP contribution in [0.4, 0.5) is 4.79 Å². The highest BCUT2D eigenvalue weighted by Crippen LogP contribution is 2.44. The van der Waals surface area contributed by atoms with E-state index in [1.54, 1.807) is 0 Å². The van der Waals surface area contributed by atoms with Gasteiger partial charge in [0, 0.05) is 18.4 Å². The molecule has 0 aromatic heterocycles. The van der Waals surface area contributed by atoms with Gasteiger partial charge >= 0.3 is 12.1 Å². The summed E-state index contributed by atoms with van der Waals surface area (Å²) in [5, 5.41) is 14.6. The molecule has 1 unspecified atom stereocenters. The van der Waals surface area contributed by atoms with Gasteiger partial charge in [0.1, 0.15) is 12.6 Å². The first kappa shape index (κ1) is 23.5. The van der Waals surface area contributed by atoms with E-state index in [1.807, 2.05) is 24.3 Å². The lowest BCUT2D eigenvalue weighted by Gasteiger charge is -2.17. The van der Waals surface area contributed by atoms with Gasteiger partial charge in [0.05, 0.1) is 0 Å². The van der Waals surface area contributed by atoms with Crippen LogP contribution in [-0.2, 0) is 14.3 Å². The molecule has 2 aliphatic rings. The van der Waals surface area contributed by atoms with E-state index in [-0.39, 0.29) is 43.2 Å². The topological polar surface area (TPSA) is 105 Å². The summed E-state index contributed by atoms with van der Waals surface area (Å²) in [5.74, 6) is -1.26. The highest BCUT2D eigenvalue weighted by Gasteiger charge is 2.31. The molecule has 34 heavy (non-hydrogen) atoms. The van der Waals surface area contributed by atoms with Crippen LogP contribution in [0.5, 0.6) is 0 Å². The second-order valence-electron chi connectivity index (χ2n) is 9.03. The zero-order chi connectivity index (χ0) is 24.1. The number of carbonyl (C=O) groups excluding carboxylic acids is 2. The molecule has 7 nitrogen and oxygen atoms in total. The van der Waals surface area contributed by atoms with E-state index >= 15 is 0 Å². The monoisotopic (exact) mass is 462 g/mol. The molecule has 0 heterocycles. The van der Waals surface area contributed by atoms with Crippen molar-refractivity contribution in [2.75, 3.05) is 6.61 Å². The molecular weight excluding hydrogens is 432 g/mol. The molecule has 0 spiro atoms. The molecule has 3 atom stereocenters. The minimum atomic E-state index is -1.07. The molecule has 2 aliphatic carbocycles. The van der Waals surface area contributed by atoms with Crippen molar-refractivity contribution in [3.05, 3.63) is 72.3 Å². The molecule has 0 radical (unpaired) electrons. The number of alkyl carbamates (subject to hydrolysis) is 1. The zero-order valence-electron chi connectivity index (χ0n) is 19.0. The molecule has 0 saturated heterocycles. The maximum absolute atomic E-state index is 12.5. The number of aliphatic carboxylic acids is 1. The molecular formula is C27H30N2O5. The molecule has 4 rings (SSSR count). The number of rotatable bonds is 9. The highest BCUT2D eigenvalue weighted by atomic mass is 16.5. The predicted octanol–water partition coefficient (Wildman–Crippen LogP) is 4.23. The van der Waals surface area contributed by atoms with Crippen LogP contribution in [0.2, 0.25) is 0 Å². The van der Waals surface area contributed by atoms with Crippen LogP contribution in [0.25, 0.3) is 11.1 Å². The molecule has 3 N–H and O–H groups in total. The normalized spacial score (nSPS) is 19.5. The molecule has 7 heteroatoms. The van der Waals surface area contributed by atoms with Gasteiger partial charge in [-0.25, -0.2) is 9.59 Å². The summed E-state index contributed by atoms with van der Waals surface area (Å²) >= 11 is 0. The first-order chi connectivity index (χ1) is 16.5. The number of amides is 2. The molecule has 0 bridgehead atoms. The molecule has 0 aliphatic heterocycles. The Morgan fingerprint density at radius 2 is 1.71 bits per heavy atom. The Hall–Kier alpha value is -3.61. The number of hydrogen-bond donors (Lipinski definition) is 3. The van der Waals surface area contributed by atoms with Gasteiger partial charge in [0.15, 0.2) is 0 Å². The van der Waals surface area contributed by atoms with Gasteiger partial charge in [0.2, 0.25) is 5.91 Å². The van der Waals surface area contributed by atoms with Gasteiger partial charge in [-0.1, -0.05) is 54.6 Å². The quantitative estimate of drug-likeness (QED) is 0.484. The Morgan fingerprint density at radius 1 is 1.06 bits per heavy atom. The summed E-state index contributed by atoms with van der Waals surface area (Å²) in [7, 11) is 0. The fourth-order valence-electron chi connectivity index (χ4n) is 5.10. The molecule has 1 fully saturated rings. The molecule has 178 valence electrons. The number of benzene rings is 2. The Bertz CT molecular complexity index is 1040. The van der Waals surface area contributed by atoms with Gasteiger partial charge in [-0.2, -0.15) is 0 Å². The predicted molar refractivity (Wildman–Crippen MR) is 128 cm³/mol. The average molecular weight is 463 g/mol. The number of carbonyl (C=O) groups is 3. The highest BCUT2D eigenvalue weighted by molar-refractivity contribution is 5.83. The Labute approximate surface area is 199 Å². The summed E-state index contributed by atoms with van der Waals surface area (Å²) in [6.07, 6.45) is 3.66. The van der Waals surface area contributed by atoms with Gasteiger partial charge in [-0.3, -0.25) is 4.79 Å². The summed E-state index contributed by atoms with van der Waals surface area (Å²) < 4.78 is 5.62. The van der Waals surface area contributed by atoms with E-state index < -0.39 is 18.1 Å². The van der Waals surface area contributed by atoms with Crippen molar-refractivity contribution in [2.24, 2.45) is 5.92 Å². The van der Waals surface area contributed by atoms with Crippen molar-refractivity contribution in [2.45, 2.75) is 50.1 Å². The maximum atomic E-state index is 12.5. The van der Waals surface area contributed by atoms with Gasteiger partial charge in [0.25, 0.3) is 0 Å². The molecule has 2 amide bonds. The van der Waals surface area contributed by atoms with Crippen LogP contribution < -0.4 is 10.6 Å². The van der Waals surface area contributed by atoms with E-state index in [0.29, 0.717) is 6.42 Å². The number of carboxylic acid groups (broad SMARTS) is 1. The lowest BCUT2D eigenvalue weighted by molar-refractivity contribution is -0.141. The van der Waals surface area contributed by atoms with Crippen molar-refractivity contribution < 1.29 is 24.2 Å². The van der Waals surface area contributed by atoms with Crippen LogP contribution in [0, 0.1) is 5.92 Å². The summed E-state index contributed by atoms with van der Waals surface area (Å²) in [6.45, 7) is 3.79. The van der Waals surface area contributed by atoms with E-state index in [0.717, 1.165) is 12.8 Å². The van der Waals surface area contributed by atoms with Crippen LogP contribution >= 0.6 is 0 Å². The van der Waals surface area contributed by atoms with Crippen LogP contribution in [0.15, 0.2) is 61.2 Å². The number of ether oxygens (including phenoxy) is 1. The fourth-order valence-corrected chi connectivity index (χ4v) is 5.10. The first-order valence-corrected chi connectivity index (χ1v) is 11.7. The largest absolute Gasteiger partial charge is 0.480 e. The Balaban J connectivity index is 1.25. The van der Waals surface area contributed by atoms with Crippen LogP contribution in [-0.4, -0.2) is 41.8 Å². The van der Waals surface area contributed by atoms with Crippen LogP contribution in [0.1, 0.15) is 49.1 Å². The number of fused-ring (bicyclic) bond motifs is 3. The third kappa shape index (κ3) is 5.30. The minimum absolute atomic E-state index is 0.0101. The molecule has 1 saturated carbocycles. The second-order valence-corrected chi connectivity index (χ2v) is 9.03. The van der Waals surface area contributed by atoms with E-state index in [2.05, 4.69) is 41.5 Å². The summed E-state index contributed by atoms with van der Waals surface area (Å²) in [6, 6.07) is 15.4. The number of nitrogens with one attached hydrogen (secondary N) is 2. The minimum Gasteiger partial charge on any atom is -0.480 e. The number of hydrogen-bond acceptors (Lipinski definition) is 4. The Morgan fingerprint density at radius 3 is 2.32 bits per heavy atom. The van der Waals surface area contributed by atoms with E-state index in [4.69, 9.17) is 9.84 Å². The molecule has 2 aromatic rings. The average Bonchev–Trinajstić information content (AvgIpc) is 3.39. The van der Waals surface area contributed by atoms with Gasteiger partial charge in [-0.05, 0) is 53.9 Å². The van der Waals surface area contributed by atoms with Gasteiger partial charge in [-0.15, -0.1) is 6.58 Å². The van der Waals surface area contributed by atoms with Crippen molar-refractivity contribution in [1.82, 2.24) is 10.6 Å². The maximum Gasteiger partial charge on any atom is 0.407 e. The van der Waals surface area contributed by atoms with Crippen molar-refractivity contribution in [3.63, 3.8) is 0 Å². The fraction of sp³-hybridized carbons (Fsp3) is 0.370.